The topological polar surface area (TPSA) is 41.3 Å². The van der Waals surface area contributed by atoms with Crippen molar-refractivity contribution in [2.45, 2.75) is 31.8 Å². The molecule has 134 valence electrons. The van der Waals surface area contributed by atoms with E-state index in [1.165, 1.54) is 19.3 Å². The van der Waals surface area contributed by atoms with Crippen LogP contribution in [0.3, 0.4) is 0 Å². The van der Waals surface area contributed by atoms with E-state index in [4.69, 9.17) is 16.0 Å². The van der Waals surface area contributed by atoms with Crippen LogP contribution in [0.1, 0.15) is 25.2 Å². The maximum atomic E-state index is 6.03. The zero-order chi connectivity index (χ0) is 15.4. The van der Waals surface area contributed by atoms with E-state index in [1.54, 1.807) is 6.20 Å². The first-order valence-corrected chi connectivity index (χ1v) is 8.22. The fraction of sp³-hybridized carbons (Fsp3) is 0.471. The Kier molecular flexibility index (Phi) is 9.09. The van der Waals surface area contributed by atoms with Gasteiger partial charge in [0.25, 0.3) is 0 Å². The second-order valence-electron chi connectivity index (χ2n) is 5.88. The van der Waals surface area contributed by atoms with Crippen molar-refractivity contribution in [3.63, 3.8) is 0 Å². The Labute approximate surface area is 160 Å². The highest BCUT2D eigenvalue weighted by Gasteiger charge is 2.18. The Hall–Kier alpha value is -0.780. The Morgan fingerprint density at radius 2 is 2.12 bits per heavy atom. The first kappa shape index (κ1) is 21.3. The molecule has 4 nitrogen and oxygen atoms in total. The lowest BCUT2D eigenvalue weighted by Gasteiger charge is -2.25. The average molecular weight is 393 g/mol. The SMILES string of the molecule is CN(Cc1ncc(-c2cccc(Cl)c2)o1)C1CCCNCC1.Cl.Cl. The Bertz CT molecular complexity index is 613. The number of nitrogens with zero attached hydrogens (tertiary/aromatic N) is 2. The molecule has 1 unspecified atom stereocenters. The van der Waals surface area contributed by atoms with Gasteiger partial charge in [-0.05, 0) is 51.5 Å². The van der Waals surface area contributed by atoms with Crippen LogP contribution in [0.2, 0.25) is 5.02 Å². The molecule has 0 bridgehead atoms. The Morgan fingerprint density at radius 1 is 1.29 bits per heavy atom. The zero-order valence-electron chi connectivity index (χ0n) is 13.7. The molecular formula is C17H24Cl3N3O. The highest BCUT2D eigenvalue weighted by molar-refractivity contribution is 6.30. The van der Waals surface area contributed by atoms with Crippen LogP contribution in [0.15, 0.2) is 34.9 Å². The summed E-state index contributed by atoms with van der Waals surface area (Å²) in [6, 6.07) is 8.25. The van der Waals surface area contributed by atoms with E-state index in [0.717, 1.165) is 36.8 Å². The highest BCUT2D eigenvalue weighted by Crippen LogP contribution is 2.24. The normalized spacial score (nSPS) is 17.7. The summed E-state index contributed by atoms with van der Waals surface area (Å²) in [4.78, 5) is 6.76. The molecule has 1 aromatic carbocycles. The van der Waals surface area contributed by atoms with Gasteiger partial charge in [-0.15, -0.1) is 24.8 Å². The van der Waals surface area contributed by atoms with Gasteiger partial charge in [-0.3, -0.25) is 4.90 Å². The number of benzene rings is 1. The number of hydrogen-bond acceptors (Lipinski definition) is 4. The van der Waals surface area contributed by atoms with Crippen LogP contribution in [0.25, 0.3) is 11.3 Å². The van der Waals surface area contributed by atoms with Crippen LogP contribution in [-0.4, -0.2) is 36.1 Å². The number of hydrogen-bond donors (Lipinski definition) is 1. The summed E-state index contributed by atoms with van der Waals surface area (Å²) in [6.07, 6.45) is 5.42. The maximum absolute atomic E-state index is 6.03. The van der Waals surface area contributed by atoms with Gasteiger partial charge in [-0.2, -0.15) is 0 Å². The molecule has 1 N–H and O–H groups in total. The number of oxazole rings is 1. The summed E-state index contributed by atoms with van der Waals surface area (Å²) in [5.41, 5.74) is 0.965. The monoisotopic (exact) mass is 391 g/mol. The van der Waals surface area contributed by atoms with E-state index in [0.29, 0.717) is 11.1 Å². The van der Waals surface area contributed by atoms with E-state index in [9.17, 15) is 0 Å². The molecule has 0 radical (unpaired) electrons. The third-order valence-electron chi connectivity index (χ3n) is 4.22. The van der Waals surface area contributed by atoms with Gasteiger partial charge in [0.15, 0.2) is 5.76 Å². The van der Waals surface area contributed by atoms with Crippen molar-refractivity contribution in [1.82, 2.24) is 15.2 Å². The smallest absolute Gasteiger partial charge is 0.209 e. The molecule has 1 atom stereocenters. The molecule has 0 spiro atoms. The molecule has 7 heteroatoms. The Balaban J connectivity index is 0.00000144. The van der Waals surface area contributed by atoms with Crippen LogP contribution in [0.5, 0.6) is 0 Å². The molecule has 3 rings (SSSR count). The van der Waals surface area contributed by atoms with Crippen LogP contribution in [0, 0.1) is 0 Å². The summed E-state index contributed by atoms with van der Waals surface area (Å²) in [5, 5.41) is 4.16. The van der Waals surface area contributed by atoms with E-state index in [2.05, 4.69) is 22.2 Å². The second kappa shape index (κ2) is 10.3. The van der Waals surface area contributed by atoms with Crippen molar-refractivity contribution in [3.05, 3.63) is 41.4 Å². The van der Waals surface area contributed by atoms with Gasteiger partial charge < -0.3 is 9.73 Å². The standard InChI is InChI=1S/C17H22ClN3O.2ClH/c1-21(15-6-3-8-19-9-7-15)12-17-20-11-16(22-17)13-4-2-5-14(18)10-13;;/h2,4-5,10-11,15,19H,3,6-9,12H2,1H3;2*1H. The zero-order valence-corrected chi connectivity index (χ0v) is 16.1. The predicted octanol–water partition coefficient (Wildman–Crippen LogP) is 4.41. The van der Waals surface area contributed by atoms with E-state index in [1.807, 2.05) is 24.3 Å². The van der Waals surface area contributed by atoms with Gasteiger partial charge in [-0.25, -0.2) is 4.98 Å². The largest absolute Gasteiger partial charge is 0.439 e. The molecule has 1 aromatic heterocycles. The van der Waals surface area contributed by atoms with Gasteiger partial charge in [0, 0.05) is 16.6 Å². The van der Waals surface area contributed by atoms with Crippen molar-refractivity contribution in [2.75, 3.05) is 20.1 Å². The summed E-state index contributed by atoms with van der Waals surface area (Å²) in [5.74, 6) is 1.53. The predicted molar refractivity (Wildman–Crippen MR) is 103 cm³/mol. The van der Waals surface area contributed by atoms with Crippen LogP contribution >= 0.6 is 36.4 Å². The number of nitrogens with one attached hydrogen (secondary N) is 1. The molecule has 1 saturated heterocycles. The quantitative estimate of drug-likeness (QED) is 0.836. The van der Waals surface area contributed by atoms with Gasteiger partial charge in [-0.1, -0.05) is 23.7 Å². The number of rotatable bonds is 4. The van der Waals surface area contributed by atoms with Gasteiger partial charge >= 0.3 is 0 Å². The number of aromatic nitrogens is 1. The molecular weight excluding hydrogens is 369 g/mol. The van der Waals surface area contributed by atoms with Crippen LogP contribution in [-0.2, 0) is 6.54 Å². The van der Waals surface area contributed by atoms with Gasteiger partial charge in [0.2, 0.25) is 5.89 Å². The lowest BCUT2D eigenvalue weighted by molar-refractivity contribution is 0.198. The third-order valence-corrected chi connectivity index (χ3v) is 4.45. The minimum atomic E-state index is 0. The molecule has 1 aliphatic heterocycles. The minimum Gasteiger partial charge on any atom is -0.439 e. The van der Waals surface area contributed by atoms with Crippen LogP contribution < -0.4 is 5.32 Å². The molecule has 0 aliphatic carbocycles. The molecule has 2 aromatic rings. The van der Waals surface area contributed by atoms with Crippen molar-refractivity contribution in [1.29, 1.82) is 0 Å². The summed E-state index contributed by atoms with van der Waals surface area (Å²) < 4.78 is 5.89. The third kappa shape index (κ3) is 5.64. The maximum Gasteiger partial charge on any atom is 0.209 e. The lowest BCUT2D eigenvalue weighted by Crippen LogP contribution is -2.32. The van der Waals surface area contributed by atoms with Crippen molar-refractivity contribution < 1.29 is 4.42 Å². The molecule has 0 saturated carbocycles. The first-order valence-electron chi connectivity index (χ1n) is 7.84. The van der Waals surface area contributed by atoms with Crippen LogP contribution in [0.4, 0.5) is 0 Å². The fourth-order valence-corrected chi connectivity index (χ4v) is 3.13. The lowest BCUT2D eigenvalue weighted by atomic mass is 10.1. The van der Waals surface area contributed by atoms with E-state index >= 15 is 0 Å². The Morgan fingerprint density at radius 3 is 2.92 bits per heavy atom. The summed E-state index contributed by atoms with van der Waals surface area (Å²) in [7, 11) is 2.15. The average Bonchev–Trinajstić information content (AvgIpc) is 2.80. The highest BCUT2D eigenvalue weighted by atomic mass is 35.5. The van der Waals surface area contributed by atoms with E-state index < -0.39 is 0 Å². The molecule has 1 fully saturated rings. The second-order valence-corrected chi connectivity index (χ2v) is 6.31. The number of halogens is 3. The molecule has 0 amide bonds. The summed E-state index contributed by atoms with van der Waals surface area (Å²) in [6.45, 7) is 2.96. The molecule has 24 heavy (non-hydrogen) atoms. The molecule has 1 aliphatic rings. The fourth-order valence-electron chi connectivity index (χ4n) is 2.94. The van der Waals surface area contributed by atoms with Crippen molar-refractivity contribution in [3.8, 4) is 11.3 Å². The van der Waals surface area contributed by atoms with Gasteiger partial charge in [0.05, 0.1) is 12.7 Å². The first-order chi connectivity index (χ1) is 10.7. The van der Waals surface area contributed by atoms with E-state index in [-0.39, 0.29) is 24.8 Å². The molecule has 2 heterocycles. The minimum absolute atomic E-state index is 0. The van der Waals surface area contributed by atoms with Crippen molar-refractivity contribution in [2.24, 2.45) is 0 Å². The summed E-state index contributed by atoms with van der Waals surface area (Å²) >= 11 is 6.03. The van der Waals surface area contributed by atoms with Crippen molar-refractivity contribution >= 4 is 36.4 Å². The van der Waals surface area contributed by atoms with Gasteiger partial charge in [0.1, 0.15) is 0 Å².